The Labute approximate surface area is 144 Å². The molecule has 128 valence electrons. The zero-order chi connectivity index (χ0) is 17.5. The SMILES string of the molecule is CCNC(=O)NC(=O)CSc1nnc(-c2ccc(OC)cc2)n1C. The number of aromatic nitrogens is 3. The molecule has 1 aromatic heterocycles. The number of carbonyl (C=O) groups excluding carboxylic acids is 2. The van der Waals surface area contributed by atoms with Crippen molar-refractivity contribution in [2.75, 3.05) is 19.4 Å². The van der Waals surface area contributed by atoms with Crippen molar-refractivity contribution in [1.29, 1.82) is 0 Å². The molecule has 9 heteroatoms. The van der Waals surface area contributed by atoms with E-state index in [0.717, 1.165) is 11.3 Å². The molecule has 2 rings (SSSR count). The summed E-state index contributed by atoms with van der Waals surface area (Å²) in [7, 11) is 3.43. The molecule has 0 unspecified atom stereocenters. The first-order chi connectivity index (χ1) is 11.5. The van der Waals surface area contributed by atoms with Gasteiger partial charge in [0, 0.05) is 19.2 Å². The third-order valence-corrected chi connectivity index (χ3v) is 4.13. The highest BCUT2D eigenvalue weighted by molar-refractivity contribution is 7.99. The normalized spacial score (nSPS) is 10.3. The van der Waals surface area contributed by atoms with E-state index in [0.29, 0.717) is 17.5 Å². The number of thioether (sulfide) groups is 1. The lowest BCUT2D eigenvalue weighted by atomic mass is 10.2. The quantitative estimate of drug-likeness (QED) is 0.766. The van der Waals surface area contributed by atoms with Gasteiger partial charge in [-0.25, -0.2) is 4.79 Å². The number of rotatable bonds is 6. The summed E-state index contributed by atoms with van der Waals surface area (Å²) in [6, 6.07) is 6.96. The lowest BCUT2D eigenvalue weighted by Crippen LogP contribution is -2.40. The van der Waals surface area contributed by atoms with Gasteiger partial charge in [-0.15, -0.1) is 10.2 Å². The molecule has 0 saturated heterocycles. The fraction of sp³-hybridized carbons (Fsp3) is 0.333. The van der Waals surface area contributed by atoms with Gasteiger partial charge in [0.05, 0.1) is 12.9 Å². The first-order valence-corrected chi connectivity index (χ1v) is 8.28. The third kappa shape index (κ3) is 4.48. The molecule has 0 aliphatic rings. The highest BCUT2D eigenvalue weighted by Gasteiger charge is 2.14. The number of nitrogens with zero attached hydrogens (tertiary/aromatic N) is 3. The number of carbonyl (C=O) groups is 2. The maximum absolute atomic E-state index is 11.7. The highest BCUT2D eigenvalue weighted by atomic mass is 32.2. The lowest BCUT2D eigenvalue weighted by molar-refractivity contribution is -0.117. The number of imide groups is 1. The standard InChI is InChI=1S/C15H19N5O3S/c1-4-16-14(22)17-12(21)9-24-15-19-18-13(20(15)2)10-5-7-11(23-3)8-6-10/h5-8H,4,9H2,1-3H3,(H2,16,17,21,22). The molecule has 1 aromatic carbocycles. The summed E-state index contributed by atoms with van der Waals surface area (Å²) >= 11 is 1.21. The first-order valence-electron chi connectivity index (χ1n) is 7.29. The Balaban J connectivity index is 1.99. The van der Waals surface area contributed by atoms with Crippen LogP contribution in [0.4, 0.5) is 4.79 Å². The van der Waals surface area contributed by atoms with Crippen molar-refractivity contribution in [3.8, 4) is 17.1 Å². The zero-order valence-electron chi connectivity index (χ0n) is 13.7. The maximum atomic E-state index is 11.7. The van der Waals surface area contributed by atoms with Crippen molar-refractivity contribution in [2.45, 2.75) is 12.1 Å². The Morgan fingerprint density at radius 1 is 1.25 bits per heavy atom. The summed E-state index contributed by atoms with van der Waals surface area (Å²) in [5, 5.41) is 13.6. The van der Waals surface area contributed by atoms with Crippen LogP contribution in [0.2, 0.25) is 0 Å². The van der Waals surface area contributed by atoms with E-state index < -0.39 is 6.03 Å². The van der Waals surface area contributed by atoms with Crippen LogP contribution in [0.25, 0.3) is 11.4 Å². The molecular weight excluding hydrogens is 330 g/mol. The van der Waals surface area contributed by atoms with Crippen molar-refractivity contribution < 1.29 is 14.3 Å². The zero-order valence-corrected chi connectivity index (χ0v) is 14.5. The topological polar surface area (TPSA) is 98.1 Å². The fourth-order valence-electron chi connectivity index (χ4n) is 1.93. The fourth-order valence-corrected chi connectivity index (χ4v) is 2.64. The van der Waals surface area contributed by atoms with Crippen molar-refractivity contribution in [1.82, 2.24) is 25.4 Å². The lowest BCUT2D eigenvalue weighted by Gasteiger charge is -2.06. The number of hydrogen-bond acceptors (Lipinski definition) is 6. The van der Waals surface area contributed by atoms with Gasteiger partial charge >= 0.3 is 6.03 Å². The van der Waals surface area contributed by atoms with Crippen LogP contribution < -0.4 is 15.4 Å². The second-order valence-electron chi connectivity index (χ2n) is 4.79. The Hall–Kier alpha value is -2.55. The number of amides is 3. The average Bonchev–Trinajstić information content (AvgIpc) is 2.94. The summed E-state index contributed by atoms with van der Waals surface area (Å²) in [5.41, 5.74) is 0.893. The molecule has 0 aliphatic heterocycles. The van der Waals surface area contributed by atoms with Crippen LogP contribution in [0.5, 0.6) is 5.75 Å². The number of nitrogens with one attached hydrogen (secondary N) is 2. The Morgan fingerprint density at radius 2 is 1.96 bits per heavy atom. The third-order valence-electron chi connectivity index (χ3n) is 3.11. The van der Waals surface area contributed by atoms with Gasteiger partial charge in [0.1, 0.15) is 5.75 Å². The molecule has 0 radical (unpaired) electrons. The van der Waals surface area contributed by atoms with Gasteiger partial charge in [0.25, 0.3) is 0 Å². The number of hydrogen-bond donors (Lipinski definition) is 2. The Morgan fingerprint density at radius 3 is 2.58 bits per heavy atom. The largest absolute Gasteiger partial charge is 0.497 e. The summed E-state index contributed by atoms with van der Waals surface area (Å²) in [6.07, 6.45) is 0. The van der Waals surface area contributed by atoms with E-state index in [1.807, 2.05) is 31.3 Å². The Bertz CT molecular complexity index is 714. The molecule has 0 fully saturated rings. The van der Waals surface area contributed by atoms with Gasteiger partial charge in [-0.1, -0.05) is 11.8 Å². The van der Waals surface area contributed by atoms with Crippen LogP contribution in [0.15, 0.2) is 29.4 Å². The van der Waals surface area contributed by atoms with E-state index >= 15 is 0 Å². The predicted octanol–water partition coefficient (Wildman–Crippen LogP) is 1.43. The summed E-state index contributed by atoms with van der Waals surface area (Å²) in [6.45, 7) is 2.24. The molecule has 2 N–H and O–H groups in total. The second-order valence-corrected chi connectivity index (χ2v) is 5.73. The molecule has 3 amide bonds. The monoisotopic (exact) mass is 349 g/mol. The van der Waals surface area contributed by atoms with Gasteiger partial charge in [0.15, 0.2) is 11.0 Å². The van der Waals surface area contributed by atoms with Crippen LogP contribution in [0.1, 0.15) is 6.92 Å². The van der Waals surface area contributed by atoms with Gasteiger partial charge in [-0.2, -0.15) is 0 Å². The molecule has 8 nitrogen and oxygen atoms in total. The maximum Gasteiger partial charge on any atom is 0.321 e. The molecule has 0 spiro atoms. The minimum atomic E-state index is -0.500. The van der Waals surface area contributed by atoms with E-state index in [2.05, 4.69) is 20.8 Å². The molecule has 0 atom stereocenters. The van der Waals surface area contributed by atoms with Gasteiger partial charge in [-0.05, 0) is 31.2 Å². The van der Waals surface area contributed by atoms with Gasteiger partial charge in [-0.3, -0.25) is 10.1 Å². The molecule has 0 aliphatic carbocycles. The predicted molar refractivity (Wildman–Crippen MR) is 90.9 cm³/mol. The molecule has 1 heterocycles. The van der Waals surface area contributed by atoms with E-state index in [1.165, 1.54) is 11.8 Å². The van der Waals surface area contributed by atoms with Crippen LogP contribution in [0, 0.1) is 0 Å². The summed E-state index contributed by atoms with van der Waals surface area (Å²) in [4.78, 5) is 23.0. The number of urea groups is 1. The minimum Gasteiger partial charge on any atom is -0.497 e. The van der Waals surface area contributed by atoms with Crippen molar-refractivity contribution in [2.24, 2.45) is 7.05 Å². The number of ether oxygens (including phenoxy) is 1. The molecule has 2 aromatic rings. The Kier molecular flexibility index (Phi) is 6.19. The van der Waals surface area contributed by atoms with Crippen molar-refractivity contribution in [3.63, 3.8) is 0 Å². The van der Waals surface area contributed by atoms with E-state index in [4.69, 9.17) is 4.74 Å². The molecule has 0 bridgehead atoms. The molecule has 0 saturated carbocycles. The van der Waals surface area contributed by atoms with Crippen LogP contribution >= 0.6 is 11.8 Å². The molecule has 24 heavy (non-hydrogen) atoms. The van der Waals surface area contributed by atoms with Gasteiger partial charge in [0.2, 0.25) is 5.91 Å². The van der Waals surface area contributed by atoms with E-state index in [-0.39, 0.29) is 11.7 Å². The van der Waals surface area contributed by atoms with E-state index in [9.17, 15) is 9.59 Å². The minimum absolute atomic E-state index is 0.0751. The van der Waals surface area contributed by atoms with Gasteiger partial charge < -0.3 is 14.6 Å². The molecular formula is C15H19N5O3S. The highest BCUT2D eigenvalue weighted by Crippen LogP contribution is 2.24. The van der Waals surface area contributed by atoms with Crippen molar-refractivity contribution in [3.05, 3.63) is 24.3 Å². The van der Waals surface area contributed by atoms with E-state index in [1.54, 1.807) is 18.6 Å². The van der Waals surface area contributed by atoms with Crippen molar-refractivity contribution >= 4 is 23.7 Å². The van der Waals surface area contributed by atoms with Crippen LogP contribution in [0.3, 0.4) is 0 Å². The second kappa shape index (κ2) is 8.34. The van der Waals surface area contributed by atoms with Crippen LogP contribution in [-0.4, -0.2) is 46.1 Å². The van der Waals surface area contributed by atoms with Crippen LogP contribution in [-0.2, 0) is 11.8 Å². The number of benzene rings is 1. The smallest absolute Gasteiger partial charge is 0.321 e. The summed E-state index contributed by atoms with van der Waals surface area (Å²) < 4.78 is 6.93. The number of methoxy groups -OCH3 is 1. The summed E-state index contributed by atoms with van der Waals surface area (Å²) in [5.74, 6) is 1.13. The average molecular weight is 349 g/mol. The first kappa shape index (κ1) is 17.8.